The lowest BCUT2D eigenvalue weighted by Crippen LogP contribution is -2.33. The minimum absolute atomic E-state index is 0. The standard InChI is InChI=1S/C19H29N5O2.HI/c1-13-16(14(2)24(3)23-13)9-11-22-19(20)21-10-8-15-6-7-17(25-4)18(12-15)26-5;/h6-7,12H,8-11H2,1-5H3,(H3,20,21,22);1H. The number of nitrogens with zero attached hydrogens (tertiary/aromatic N) is 3. The van der Waals surface area contributed by atoms with Gasteiger partial charge >= 0.3 is 0 Å². The average molecular weight is 487 g/mol. The van der Waals surface area contributed by atoms with Crippen LogP contribution in [-0.2, 0) is 19.9 Å². The van der Waals surface area contributed by atoms with Crippen molar-refractivity contribution in [2.24, 2.45) is 17.8 Å². The molecule has 0 aliphatic heterocycles. The molecular weight excluding hydrogens is 457 g/mol. The maximum atomic E-state index is 5.96. The van der Waals surface area contributed by atoms with Gasteiger partial charge in [-0.05, 0) is 49.9 Å². The van der Waals surface area contributed by atoms with Crippen LogP contribution in [0.4, 0.5) is 0 Å². The molecule has 0 aliphatic rings. The Morgan fingerprint density at radius 3 is 2.48 bits per heavy atom. The largest absolute Gasteiger partial charge is 0.493 e. The molecule has 1 heterocycles. The van der Waals surface area contributed by atoms with E-state index >= 15 is 0 Å². The number of ether oxygens (including phenoxy) is 2. The van der Waals surface area contributed by atoms with Crippen molar-refractivity contribution in [2.75, 3.05) is 27.3 Å². The first-order valence-electron chi connectivity index (χ1n) is 8.70. The number of hydrogen-bond donors (Lipinski definition) is 2. The Balaban J connectivity index is 0.00000364. The number of aliphatic imine (C=N–C) groups is 1. The zero-order valence-electron chi connectivity index (χ0n) is 16.7. The van der Waals surface area contributed by atoms with Crippen LogP contribution in [0.5, 0.6) is 11.5 Å². The van der Waals surface area contributed by atoms with E-state index in [0.717, 1.165) is 35.6 Å². The first kappa shape index (κ1) is 23.1. The van der Waals surface area contributed by atoms with E-state index < -0.39 is 0 Å². The molecule has 0 amide bonds. The zero-order valence-corrected chi connectivity index (χ0v) is 19.0. The van der Waals surface area contributed by atoms with Gasteiger partial charge in [0.15, 0.2) is 17.5 Å². The highest BCUT2D eigenvalue weighted by molar-refractivity contribution is 14.0. The average Bonchev–Trinajstić information content (AvgIpc) is 2.87. The Kier molecular flexibility index (Phi) is 9.40. The van der Waals surface area contributed by atoms with Gasteiger partial charge < -0.3 is 20.5 Å². The Labute approximate surface area is 178 Å². The number of hydrogen-bond acceptors (Lipinski definition) is 4. The van der Waals surface area contributed by atoms with E-state index in [-0.39, 0.29) is 24.0 Å². The molecule has 1 aromatic carbocycles. The van der Waals surface area contributed by atoms with Crippen LogP contribution in [0.25, 0.3) is 0 Å². The Morgan fingerprint density at radius 1 is 1.19 bits per heavy atom. The molecule has 2 rings (SSSR count). The Bertz CT molecular complexity index is 774. The van der Waals surface area contributed by atoms with E-state index in [4.69, 9.17) is 15.2 Å². The molecule has 0 saturated carbocycles. The third kappa shape index (κ3) is 6.30. The number of guanidine groups is 1. The maximum Gasteiger partial charge on any atom is 0.188 e. The molecule has 7 nitrogen and oxygen atoms in total. The van der Waals surface area contributed by atoms with Crippen LogP contribution in [0.15, 0.2) is 23.2 Å². The van der Waals surface area contributed by atoms with Gasteiger partial charge in [0, 0.05) is 25.8 Å². The lowest BCUT2D eigenvalue weighted by molar-refractivity contribution is 0.354. The van der Waals surface area contributed by atoms with E-state index in [2.05, 4.69) is 22.3 Å². The predicted molar refractivity (Wildman–Crippen MR) is 120 cm³/mol. The first-order valence-corrected chi connectivity index (χ1v) is 8.70. The number of benzene rings is 1. The monoisotopic (exact) mass is 487 g/mol. The van der Waals surface area contributed by atoms with Crippen LogP contribution in [0.1, 0.15) is 22.5 Å². The number of methoxy groups -OCH3 is 2. The van der Waals surface area contributed by atoms with E-state index in [1.807, 2.05) is 36.9 Å². The molecule has 0 saturated heterocycles. The highest BCUT2D eigenvalue weighted by Crippen LogP contribution is 2.27. The summed E-state index contributed by atoms with van der Waals surface area (Å²) in [6.45, 7) is 5.44. The number of aromatic nitrogens is 2. The maximum absolute atomic E-state index is 5.96. The van der Waals surface area contributed by atoms with Crippen LogP contribution in [0.3, 0.4) is 0 Å². The molecule has 0 aliphatic carbocycles. The minimum atomic E-state index is 0. The van der Waals surface area contributed by atoms with Crippen molar-refractivity contribution in [3.8, 4) is 11.5 Å². The van der Waals surface area contributed by atoms with E-state index in [1.54, 1.807) is 14.2 Å². The van der Waals surface area contributed by atoms with Gasteiger partial charge in [-0.25, -0.2) is 0 Å². The summed E-state index contributed by atoms with van der Waals surface area (Å²) in [5, 5.41) is 7.57. The van der Waals surface area contributed by atoms with Gasteiger partial charge in [0.25, 0.3) is 0 Å². The van der Waals surface area contributed by atoms with Gasteiger partial charge in [0.05, 0.1) is 19.9 Å². The quantitative estimate of drug-likeness (QED) is 0.339. The van der Waals surface area contributed by atoms with Crippen molar-refractivity contribution in [3.05, 3.63) is 40.7 Å². The molecule has 1 aromatic heterocycles. The van der Waals surface area contributed by atoms with Gasteiger partial charge in [-0.15, -0.1) is 24.0 Å². The molecular formula is C19H30IN5O2. The smallest absolute Gasteiger partial charge is 0.188 e. The Morgan fingerprint density at radius 2 is 1.89 bits per heavy atom. The summed E-state index contributed by atoms with van der Waals surface area (Å²) in [6, 6.07) is 5.90. The molecule has 0 fully saturated rings. The van der Waals surface area contributed by atoms with Crippen molar-refractivity contribution >= 4 is 29.9 Å². The summed E-state index contributed by atoms with van der Waals surface area (Å²) in [5.41, 5.74) is 10.6. The van der Waals surface area contributed by atoms with Crippen LogP contribution < -0.4 is 20.5 Å². The molecule has 0 atom stereocenters. The molecule has 0 spiro atoms. The summed E-state index contributed by atoms with van der Waals surface area (Å²) in [4.78, 5) is 4.40. The fourth-order valence-electron chi connectivity index (χ4n) is 2.89. The third-order valence-corrected chi connectivity index (χ3v) is 4.47. The SMILES string of the molecule is COc1ccc(CCNC(N)=NCCc2c(C)nn(C)c2C)cc1OC.I. The van der Waals surface area contributed by atoms with Crippen LogP contribution in [0, 0.1) is 13.8 Å². The lowest BCUT2D eigenvalue weighted by Gasteiger charge is -2.10. The summed E-state index contributed by atoms with van der Waals surface area (Å²) in [5.74, 6) is 1.92. The second kappa shape index (κ2) is 11.0. The summed E-state index contributed by atoms with van der Waals surface area (Å²) >= 11 is 0. The molecule has 3 N–H and O–H groups in total. The molecule has 0 bridgehead atoms. The van der Waals surface area contributed by atoms with Gasteiger partial charge in [-0.2, -0.15) is 5.10 Å². The lowest BCUT2D eigenvalue weighted by atomic mass is 10.1. The van der Waals surface area contributed by atoms with Crippen molar-refractivity contribution in [3.63, 3.8) is 0 Å². The first-order chi connectivity index (χ1) is 12.5. The molecule has 8 heteroatoms. The fraction of sp³-hybridized carbons (Fsp3) is 0.474. The number of aryl methyl sites for hydroxylation is 2. The van der Waals surface area contributed by atoms with Crippen molar-refractivity contribution in [1.29, 1.82) is 0 Å². The van der Waals surface area contributed by atoms with E-state index in [9.17, 15) is 0 Å². The van der Waals surface area contributed by atoms with Crippen LogP contribution >= 0.6 is 24.0 Å². The van der Waals surface area contributed by atoms with Crippen LogP contribution in [-0.4, -0.2) is 43.0 Å². The molecule has 0 radical (unpaired) electrons. The molecule has 150 valence electrons. The van der Waals surface area contributed by atoms with Crippen LogP contribution in [0.2, 0.25) is 0 Å². The van der Waals surface area contributed by atoms with Gasteiger partial charge in [-0.1, -0.05) is 6.07 Å². The van der Waals surface area contributed by atoms with Crippen molar-refractivity contribution < 1.29 is 9.47 Å². The zero-order chi connectivity index (χ0) is 19.1. The van der Waals surface area contributed by atoms with E-state index in [1.165, 1.54) is 11.3 Å². The van der Waals surface area contributed by atoms with Gasteiger partial charge in [0.2, 0.25) is 0 Å². The number of nitrogens with two attached hydrogens (primary N) is 1. The summed E-state index contributed by atoms with van der Waals surface area (Å²) < 4.78 is 12.5. The van der Waals surface area contributed by atoms with Gasteiger partial charge in [-0.3, -0.25) is 9.67 Å². The Hall–Kier alpha value is -1.97. The highest BCUT2D eigenvalue weighted by Gasteiger charge is 2.08. The summed E-state index contributed by atoms with van der Waals surface area (Å²) in [7, 11) is 5.22. The fourth-order valence-corrected chi connectivity index (χ4v) is 2.89. The molecule has 0 unspecified atom stereocenters. The highest BCUT2D eigenvalue weighted by atomic mass is 127. The summed E-state index contributed by atoms with van der Waals surface area (Å²) in [6.07, 6.45) is 1.65. The second-order valence-corrected chi connectivity index (χ2v) is 6.16. The van der Waals surface area contributed by atoms with E-state index in [0.29, 0.717) is 19.0 Å². The van der Waals surface area contributed by atoms with Gasteiger partial charge in [0.1, 0.15) is 0 Å². The number of nitrogens with one attached hydrogen (secondary N) is 1. The normalized spacial score (nSPS) is 11.1. The van der Waals surface area contributed by atoms with Crippen molar-refractivity contribution in [2.45, 2.75) is 26.7 Å². The third-order valence-electron chi connectivity index (χ3n) is 4.47. The second-order valence-electron chi connectivity index (χ2n) is 6.16. The number of rotatable bonds is 8. The number of halogens is 1. The molecule has 2 aromatic rings. The van der Waals surface area contributed by atoms with Crippen molar-refractivity contribution in [1.82, 2.24) is 15.1 Å². The predicted octanol–water partition coefficient (Wildman–Crippen LogP) is 2.36. The molecule has 27 heavy (non-hydrogen) atoms. The minimum Gasteiger partial charge on any atom is -0.493 e. The topological polar surface area (TPSA) is 86.7 Å².